The number of hydrogen-bond donors (Lipinski definition) is 4. The van der Waals surface area contributed by atoms with Gasteiger partial charge in [-0.15, -0.1) is 0 Å². The summed E-state index contributed by atoms with van der Waals surface area (Å²) >= 11 is 1.75. The largest absolute Gasteiger partial charge is 0.393 e. The Morgan fingerprint density at radius 2 is 1.57 bits per heavy atom. The van der Waals surface area contributed by atoms with Crippen molar-refractivity contribution >= 4 is 11.8 Å². The third kappa shape index (κ3) is 30.4. The summed E-state index contributed by atoms with van der Waals surface area (Å²) in [5.41, 5.74) is 1.60. The van der Waals surface area contributed by atoms with Crippen molar-refractivity contribution in [1.82, 2.24) is 5.48 Å². The Morgan fingerprint density at radius 1 is 1.22 bits per heavy atom. The van der Waals surface area contributed by atoms with Crippen molar-refractivity contribution in [3.8, 4) is 0 Å². The van der Waals surface area contributed by atoms with E-state index in [1.807, 2.05) is 19.4 Å². The molecule has 1 aliphatic heterocycles. The lowest BCUT2D eigenvalue weighted by atomic mass is 10.1. The molecule has 3 atom stereocenters. The summed E-state index contributed by atoms with van der Waals surface area (Å²) in [5.74, 6) is 0.833. The number of nitrogens with one attached hydrogen (secondary N) is 1. The Labute approximate surface area is 149 Å². The average Bonchev–Trinajstić information content (AvgIpc) is 2.37. The van der Waals surface area contributed by atoms with E-state index in [2.05, 4.69) is 26.3 Å². The minimum Gasteiger partial charge on any atom is -0.393 e. The smallest absolute Gasteiger partial charge is 0.0991 e. The Hall–Kier alpha value is -0.110. The fourth-order valence-electron chi connectivity index (χ4n) is 1.06. The summed E-state index contributed by atoms with van der Waals surface area (Å²) in [5, 5.41) is 25.8. The lowest BCUT2D eigenvalue weighted by Gasteiger charge is -2.27. The molecule has 0 saturated heterocycles. The number of aliphatic hydroxyl groups is 2. The maximum atomic E-state index is 8.71. The first kappa shape index (κ1) is 27.7. The van der Waals surface area contributed by atoms with Crippen LogP contribution in [0.1, 0.15) is 49.9 Å². The van der Waals surface area contributed by atoms with Gasteiger partial charge in [0.05, 0.1) is 30.5 Å². The zero-order chi connectivity index (χ0) is 19.1. The molecule has 0 radical (unpaired) electrons. The van der Waals surface area contributed by atoms with Crippen LogP contribution in [0.5, 0.6) is 0 Å². The molecule has 0 spiro atoms. The maximum absolute atomic E-state index is 8.71. The molecule has 0 saturated carbocycles. The molecule has 1 heterocycles. The Kier molecular flexibility index (Phi) is 20.2. The lowest BCUT2D eigenvalue weighted by Crippen LogP contribution is -2.42. The molecule has 0 aromatic rings. The van der Waals surface area contributed by atoms with E-state index < -0.39 is 5.60 Å². The highest BCUT2D eigenvalue weighted by Gasteiger charge is 2.21. The number of hydrogen-bond acceptors (Lipinski definition) is 6. The van der Waals surface area contributed by atoms with Crippen LogP contribution in [0.4, 0.5) is 0 Å². The highest BCUT2D eigenvalue weighted by atomic mass is 32.2. The molecule has 0 aromatic heterocycles. The van der Waals surface area contributed by atoms with Crippen molar-refractivity contribution in [2.45, 2.75) is 72.3 Å². The summed E-state index contributed by atoms with van der Waals surface area (Å²) in [6.07, 6.45) is 7.26. The molecule has 0 bridgehead atoms. The molecule has 5 nitrogen and oxygen atoms in total. The second-order valence-corrected chi connectivity index (χ2v) is 7.73. The normalized spacial score (nSPS) is 22.9. The predicted octanol–water partition coefficient (Wildman–Crippen LogP) is 3.33. The van der Waals surface area contributed by atoms with E-state index >= 15 is 0 Å². The van der Waals surface area contributed by atoms with Gasteiger partial charge in [-0.3, -0.25) is 0 Å². The third-order valence-electron chi connectivity index (χ3n) is 1.76. The van der Waals surface area contributed by atoms with Gasteiger partial charge < -0.3 is 20.2 Å². The molecular weight excluding hydrogens is 314 g/mol. The zero-order valence-electron chi connectivity index (χ0n) is 16.3. The topological polar surface area (TPSA) is 82.0 Å². The lowest BCUT2D eigenvalue weighted by molar-refractivity contribution is -0.0452. The standard InChI is InChI=1S/C7H13NO3.C4H10O.C4H10.C2H6S.H2/c1-5-7(8-10)3-2-6(4-9)11-5;1-4(2,3)5;1-4(2)3;1-3-2;/h2-3,5-10H,4H2,1H3;5H,1-3H3;4H,1-3H3;1-2H3;1H/t5-,6+,7?;;;;/m1..../s1. The van der Waals surface area contributed by atoms with Crippen LogP contribution in [0.3, 0.4) is 0 Å². The SMILES string of the molecule is CC(C)(C)O.CC(C)C.CSC.C[C@H]1O[C@H](CO)C=CC1NO.[HH]. The average molecular weight is 356 g/mol. The van der Waals surface area contributed by atoms with Crippen LogP contribution < -0.4 is 5.48 Å². The van der Waals surface area contributed by atoms with E-state index in [9.17, 15) is 0 Å². The number of ether oxygens (including phenoxy) is 1. The summed E-state index contributed by atoms with van der Waals surface area (Å²) < 4.78 is 5.28. The molecule has 23 heavy (non-hydrogen) atoms. The molecule has 6 heteroatoms. The zero-order valence-corrected chi connectivity index (χ0v) is 17.1. The Morgan fingerprint density at radius 3 is 1.78 bits per heavy atom. The van der Waals surface area contributed by atoms with E-state index in [4.69, 9.17) is 20.2 Å². The predicted molar refractivity (Wildman–Crippen MR) is 103 cm³/mol. The van der Waals surface area contributed by atoms with Gasteiger partial charge in [-0.1, -0.05) is 32.9 Å². The summed E-state index contributed by atoms with van der Waals surface area (Å²) in [6, 6.07) is -0.169. The van der Waals surface area contributed by atoms with Crippen molar-refractivity contribution in [3.05, 3.63) is 12.2 Å². The second kappa shape index (κ2) is 16.7. The summed E-state index contributed by atoms with van der Waals surface area (Å²) in [4.78, 5) is 0. The van der Waals surface area contributed by atoms with E-state index in [-0.39, 0.29) is 26.3 Å². The molecule has 0 amide bonds. The fraction of sp³-hybridized carbons (Fsp3) is 0.882. The molecular formula is C17H41NO4S. The van der Waals surface area contributed by atoms with Crippen LogP contribution in [0.15, 0.2) is 12.2 Å². The van der Waals surface area contributed by atoms with Gasteiger partial charge in [0.1, 0.15) is 0 Å². The van der Waals surface area contributed by atoms with Gasteiger partial charge in [0, 0.05) is 1.43 Å². The Balaban J connectivity index is -0.000000130. The van der Waals surface area contributed by atoms with Gasteiger partial charge in [-0.05, 0) is 46.1 Å². The van der Waals surface area contributed by atoms with Gasteiger partial charge in [-0.25, -0.2) is 0 Å². The van der Waals surface area contributed by atoms with Gasteiger partial charge in [0.25, 0.3) is 0 Å². The van der Waals surface area contributed by atoms with Crippen LogP contribution >= 0.6 is 11.8 Å². The monoisotopic (exact) mass is 355 g/mol. The third-order valence-corrected chi connectivity index (χ3v) is 1.76. The van der Waals surface area contributed by atoms with Gasteiger partial charge >= 0.3 is 0 Å². The van der Waals surface area contributed by atoms with Crippen LogP contribution in [0.25, 0.3) is 0 Å². The quantitative estimate of drug-likeness (QED) is 0.449. The highest BCUT2D eigenvalue weighted by Crippen LogP contribution is 2.11. The molecule has 0 aromatic carbocycles. The van der Waals surface area contributed by atoms with Crippen molar-refractivity contribution in [3.63, 3.8) is 0 Å². The molecule has 1 rings (SSSR count). The molecule has 0 aliphatic carbocycles. The van der Waals surface area contributed by atoms with Gasteiger partial charge in [-0.2, -0.15) is 17.2 Å². The molecule has 1 aliphatic rings. The summed E-state index contributed by atoms with van der Waals surface area (Å²) in [6.45, 7) is 13.5. The summed E-state index contributed by atoms with van der Waals surface area (Å²) in [7, 11) is 0. The Bertz CT molecular complexity index is 265. The van der Waals surface area contributed by atoms with E-state index in [0.29, 0.717) is 0 Å². The van der Waals surface area contributed by atoms with Crippen LogP contribution in [0.2, 0.25) is 0 Å². The number of aliphatic hydroxyl groups excluding tert-OH is 1. The van der Waals surface area contributed by atoms with Crippen molar-refractivity contribution < 1.29 is 21.6 Å². The molecule has 1 unspecified atom stereocenters. The van der Waals surface area contributed by atoms with Gasteiger partial charge in [0.2, 0.25) is 0 Å². The van der Waals surface area contributed by atoms with Crippen molar-refractivity contribution in [2.75, 3.05) is 19.1 Å². The number of rotatable bonds is 2. The van der Waals surface area contributed by atoms with E-state index in [0.717, 1.165) is 5.92 Å². The molecule has 0 fully saturated rings. The number of thioether (sulfide) groups is 1. The van der Waals surface area contributed by atoms with Crippen LogP contribution in [-0.4, -0.2) is 58.4 Å². The second-order valence-electron chi connectivity index (χ2n) is 6.91. The fourth-order valence-corrected chi connectivity index (χ4v) is 1.06. The van der Waals surface area contributed by atoms with E-state index in [1.54, 1.807) is 44.7 Å². The minimum atomic E-state index is -0.500. The van der Waals surface area contributed by atoms with Crippen molar-refractivity contribution in [1.29, 1.82) is 0 Å². The molecule has 4 N–H and O–H groups in total. The van der Waals surface area contributed by atoms with Gasteiger partial charge in [0.15, 0.2) is 0 Å². The first-order valence-corrected chi connectivity index (χ1v) is 9.52. The highest BCUT2D eigenvalue weighted by molar-refractivity contribution is 7.97. The minimum absolute atomic E-state index is 0. The van der Waals surface area contributed by atoms with E-state index in [1.165, 1.54) is 0 Å². The first-order valence-electron chi connectivity index (χ1n) is 7.89. The number of hydroxylamine groups is 1. The van der Waals surface area contributed by atoms with Crippen LogP contribution in [0, 0.1) is 5.92 Å². The van der Waals surface area contributed by atoms with Crippen molar-refractivity contribution in [2.24, 2.45) is 5.92 Å². The molecule has 144 valence electrons. The maximum Gasteiger partial charge on any atom is 0.0991 e. The van der Waals surface area contributed by atoms with Crippen LogP contribution in [-0.2, 0) is 4.74 Å². The first-order chi connectivity index (χ1) is 10.4.